The van der Waals surface area contributed by atoms with Gasteiger partial charge in [-0.3, -0.25) is 9.48 Å². The van der Waals surface area contributed by atoms with Crippen LogP contribution in [0.5, 0.6) is 0 Å². The Labute approximate surface area is 148 Å². The van der Waals surface area contributed by atoms with Crippen molar-refractivity contribution < 1.29 is 4.79 Å². The number of hydrogen-bond acceptors (Lipinski definition) is 6. The molecule has 0 aliphatic carbocycles. The molecule has 0 aliphatic rings. The Balaban J connectivity index is 2.01. The van der Waals surface area contributed by atoms with E-state index in [0.29, 0.717) is 17.3 Å². The van der Waals surface area contributed by atoms with Crippen molar-refractivity contribution in [3.8, 4) is 0 Å². The second-order valence-corrected chi connectivity index (χ2v) is 5.87. The van der Waals surface area contributed by atoms with E-state index in [4.69, 9.17) is 5.73 Å². The topological polar surface area (TPSA) is 111 Å². The van der Waals surface area contributed by atoms with Crippen LogP contribution in [-0.2, 0) is 6.54 Å². The Morgan fingerprint density at radius 3 is 2.68 bits per heavy atom. The number of nitrogens with two attached hydrogens (primary N) is 1. The van der Waals surface area contributed by atoms with Crippen LogP contribution in [0.25, 0.3) is 0 Å². The van der Waals surface area contributed by atoms with Gasteiger partial charge < -0.3 is 16.4 Å². The van der Waals surface area contributed by atoms with Crippen LogP contribution >= 0.6 is 0 Å². The van der Waals surface area contributed by atoms with Gasteiger partial charge in [0.15, 0.2) is 0 Å². The lowest BCUT2D eigenvalue weighted by Gasteiger charge is -2.10. The number of carbonyl (C=O) groups excluding carboxylic acids is 1. The zero-order chi connectivity index (χ0) is 18.1. The fourth-order valence-corrected chi connectivity index (χ4v) is 2.42. The number of hydrogen-bond donors (Lipinski definition) is 3. The van der Waals surface area contributed by atoms with Crippen molar-refractivity contribution in [2.75, 3.05) is 17.2 Å². The first-order valence-corrected chi connectivity index (χ1v) is 8.84. The second kappa shape index (κ2) is 9.61. The van der Waals surface area contributed by atoms with Crippen LogP contribution in [0.4, 0.5) is 17.5 Å². The smallest absolute Gasteiger partial charge is 0.254 e. The predicted octanol–water partition coefficient (Wildman–Crippen LogP) is 2.92. The molecule has 0 spiro atoms. The highest BCUT2D eigenvalue weighted by molar-refractivity contribution is 5.97. The quantitative estimate of drug-likeness (QED) is 0.540. The summed E-state index contributed by atoms with van der Waals surface area (Å²) in [6, 6.07) is 0. The lowest BCUT2D eigenvalue weighted by Crippen LogP contribution is -2.17. The first-order valence-electron chi connectivity index (χ1n) is 8.84. The molecule has 2 heterocycles. The molecule has 0 saturated carbocycles. The van der Waals surface area contributed by atoms with E-state index in [1.54, 1.807) is 10.9 Å². The third-order valence-corrected chi connectivity index (χ3v) is 3.84. The summed E-state index contributed by atoms with van der Waals surface area (Å²) < 4.78 is 1.80. The lowest BCUT2D eigenvalue weighted by molar-refractivity contribution is 0.100. The number of aryl methyl sites for hydroxylation is 1. The molecular weight excluding hydrogens is 318 g/mol. The number of unbranched alkanes of at least 4 members (excludes halogenated alkanes) is 4. The van der Waals surface area contributed by atoms with Crippen molar-refractivity contribution in [1.29, 1.82) is 0 Å². The van der Waals surface area contributed by atoms with Gasteiger partial charge in [0.25, 0.3) is 5.91 Å². The van der Waals surface area contributed by atoms with Gasteiger partial charge in [-0.15, -0.1) is 0 Å². The van der Waals surface area contributed by atoms with Gasteiger partial charge in [0.05, 0.1) is 17.4 Å². The maximum atomic E-state index is 11.6. The molecule has 2 rings (SSSR count). The summed E-state index contributed by atoms with van der Waals surface area (Å²) in [5, 5.41) is 10.5. The molecule has 0 bridgehead atoms. The average molecular weight is 345 g/mol. The summed E-state index contributed by atoms with van der Waals surface area (Å²) in [6.45, 7) is 5.73. The number of rotatable bonds is 11. The van der Waals surface area contributed by atoms with Gasteiger partial charge in [-0.1, -0.05) is 32.6 Å². The van der Waals surface area contributed by atoms with Gasteiger partial charge >= 0.3 is 0 Å². The number of carbonyl (C=O) groups is 1. The Bertz CT molecular complexity index is 683. The van der Waals surface area contributed by atoms with E-state index in [2.05, 4.69) is 32.6 Å². The Morgan fingerprint density at radius 1 is 1.20 bits per heavy atom. The third kappa shape index (κ3) is 5.74. The molecule has 0 radical (unpaired) electrons. The number of amides is 1. The van der Waals surface area contributed by atoms with E-state index in [9.17, 15) is 4.79 Å². The summed E-state index contributed by atoms with van der Waals surface area (Å²) in [5.41, 5.74) is 6.50. The van der Waals surface area contributed by atoms with Gasteiger partial charge in [-0.2, -0.15) is 10.1 Å². The maximum absolute atomic E-state index is 11.6. The Hall–Kier alpha value is -2.64. The van der Waals surface area contributed by atoms with Gasteiger partial charge in [-0.05, 0) is 13.3 Å². The van der Waals surface area contributed by atoms with Gasteiger partial charge in [0, 0.05) is 25.5 Å². The summed E-state index contributed by atoms with van der Waals surface area (Å²) >= 11 is 0. The van der Waals surface area contributed by atoms with Crippen LogP contribution in [0.3, 0.4) is 0 Å². The van der Waals surface area contributed by atoms with Crippen molar-refractivity contribution in [2.24, 2.45) is 5.73 Å². The Morgan fingerprint density at radius 2 is 2.00 bits per heavy atom. The molecule has 0 aromatic carbocycles. The minimum atomic E-state index is -0.543. The molecule has 8 nitrogen and oxygen atoms in total. The average Bonchev–Trinajstić information content (AvgIpc) is 3.05. The van der Waals surface area contributed by atoms with Crippen molar-refractivity contribution in [3.05, 3.63) is 24.2 Å². The molecule has 0 fully saturated rings. The molecule has 1 amide bonds. The van der Waals surface area contributed by atoms with Crippen LogP contribution in [0.15, 0.2) is 18.6 Å². The molecule has 8 heteroatoms. The van der Waals surface area contributed by atoms with Crippen LogP contribution in [0.2, 0.25) is 0 Å². The van der Waals surface area contributed by atoms with Crippen LogP contribution in [0, 0.1) is 0 Å². The first kappa shape index (κ1) is 18.7. The van der Waals surface area contributed by atoms with Crippen LogP contribution in [0.1, 0.15) is 56.3 Å². The molecule has 0 saturated heterocycles. The van der Waals surface area contributed by atoms with Crippen LogP contribution in [-0.4, -0.2) is 32.2 Å². The largest absolute Gasteiger partial charge is 0.369 e. The molecule has 25 heavy (non-hydrogen) atoms. The summed E-state index contributed by atoms with van der Waals surface area (Å²) in [6.07, 6.45) is 10.9. The number of nitrogens with zero attached hydrogens (tertiary/aromatic N) is 4. The van der Waals surface area contributed by atoms with Crippen molar-refractivity contribution in [1.82, 2.24) is 19.7 Å². The zero-order valence-electron chi connectivity index (χ0n) is 15.0. The van der Waals surface area contributed by atoms with E-state index >= 15 is 0 Å². The number of nitrogens with one attached hydrogen (secondary N) is 2. The van der Waals surface area contributed by atoms with E-state index < -0.39 is 5.91 Å². The summed E-state index contributed by atoms with van der Waals surface area (Å²) in [4.78, 5) is 20.1. The number of primary amides is 1. The minimum Gasteiger partial charge on any atom is -0.369 e. The molecule has 2 aromatic rings. The summed E-state index contributed by atoms with van der Waals surface area (Å²) in [5.74, 6) is 0.316. The summed E-state index contributed by atoms with van der Waals surface area (Å²) in [7, 11) is 0. The highest BCUT2D eigenvalue weighted by Gasteiger charge is 2.12. The molecule has 2 aromatic heterocycles. The van der Waals surface area contributed by atoms with Crippen molar-refractivity contribution in [2.45, 2.75) is 52.5 Å². The highest BCUT2D eigenvalue weighted by Crippen LogP contribution is 2.17. The van der Waals surface area contributed by atoms with Crippen molar-refractivity contribution >= 4 is 23.4 Å². The fourth-order valence-electron chi connectivity index (χ4n) is 2.42. The minimum absolute atomic E-state index is 0.295. The SMILES string of the molecule is CCCCCCCNc1nc(Nc2cnn(CC)c2)ncc1C(N)=O. The lowest BCUT2D eigenvalue weighted by atomic mass is 10.1. The monoisotopic (exact) mass is 345 g/mol. The molecule has 136 valence electrons. The normalized spacial score (nSPS) is 10.6. The molecule has 0 aliphatic heterocycles. The standard InChI is InChI=1S/C17H27N7O/c1-3-5-6-7-8-9-19-16-14(15(18)25)11-20-17(23-16)22-13-10-21-24(4-2)12-13/h10-12H,3-9H2,1-2H3,(H2,18,25)(H2,19,20,22,23). The number of anilines is 3. The maximum Gasteiger partial charge on any atom is 0.254 e. The Kier molecular flexibility index (Phi) is 7.18. The van der Waals surface area contributed by atoms with E-state index in [1.807, 2.05) is 13.1 Å². The zero-order valence-corrected chi connectivity index (χ0v) is 15.0. The van der Waals surface area contributed by atoms with Gasteiger partial charge in [0.2, 0.25) is 5.95 Å². The van der Waals surface area contributed by atoms with E-state index in [0.717, 1.165) is 31.6 Å². The molecule has 4 N–H and O–H groups in total. The highest BCUT2D eigenvalue weighted by atomic mass is 16.1. The third-order valence-electron chi connectivity index (χ3n) is 3.84. The second-order valence-electron chi connectivity index (χ2n) is 5.87. The van der Waals surface area contributed by atoms with Crippen LogP contribution < -0.4 is 16.4 Å². The van der Waals surface area contributed by atoms with E-state index in [-0.39, 0.29) is 0 Å². The predicted molar refractivity (Wildman–Crippen MR) is 99.0 cm³/mol. The first-order chi connectivity index (χ1) is 12.1. The van der Waals surface area contributed by atoms with E-state index in [1.165, 1.54) is 25.5 Å². The fraction of sp³-hybridized carbons (Fsp3) is 0.529. The van der Waals surface area contributed by atoms with Crippen molar-refractivity contribution in [3.63, 3.8) is 0 Å². The number of aromatic nitrogens is 4. The van der Waals surface area contributed by atoms with Gasteiger partial charge in [0.1, 0.15) is 5.82 Å². The molecule has 0 atom stereocenters. The van der Waals surface area contributed by atoms with Gasteiger partial charge in [-0.25, -0.2) is 4.98 Å². The molecule has 0 unspecified atom stereocenters. The molecular formula is C17H27N7O.